The molecule has 1 heterocycles. The lowest BCUT2D eigenvalue weighted by Crippen LogP contribution is -2.49. The third-order valence-corrected chi connectivity index (χ3v) is 3.30. The maximum atomic E-state index is 11.2. The topological polar surface area (TPSA) is 97.6 Å². The predicted molar refractivity (Wildman–Crippen MR) is 73.8 cm³/mol. The van der Waals surface area contributed by atoms with E-state index in [9.17, 15) is 13.2 Å². The van der Waals surface area contributed by atoms with E-state index in [1.165, 1.54) is 13.2 Å². The Hall–Kier alpha value is -1.38. The van der Waals surface area contributed by atoms with E-state index in [-0.39, 0.29) is 5.76 Å². The summed E-state index contributed by atoms with van der Waals surface area (Å²) >= 11 is 0. The SMILES string of the molecule is COC(=O)c1ccc(CNCC(C)(C)NS(C)(=O)=O)o1. The van der Waals surface area contributed by atoms with Gasteiger partial charge in [-0.15, -0.1) is 0 Å². The molecule has 0 amide bonds. The third-order valence-electron chi connectivity index (χ3n) is 2.38. The molecule has 8 heteroatoms. The van der Waals surface area contributed by atoms with Crippen LogP contribution >= 0.6 is 0 Å². The molecule has 0 unspecified atom stereocenters. The van der Waals surface area contributed by atoms with Gasteiger partial charge in [0.1, 0.15) is 5.76 Å². The van der Waals surface area contributed by atoms with Crippen LogP contribution in [0.2, 0.25) is 0 Å². The third kappa shape index (κ3) is 5.72. The highest BCUT2D eigenvalue weighted by Crippen LogP contribution is 2.09. The number of rotatable bonds is 7. The van der Waals surface area contributed by atoms with Crippen LogP contribution in [0.15, 0.2) is 16.5 Å². The van der Waals surface area contributed by atoms with Gasteiger partial charge in [0, 0.05) is 12.1 Å². The number of furan rings is 1. The van der Waals surface area contributed by atoms with Gasteiger partial charge in [-0.2, -0.15) is 0 Å². The van der Waals surface area contributed by atoms with E-state index >= 15 is 0 Å². The lowest BCUT2D eigenvalue weighted by atomic mass is 10.1. The first kappa shape index (κ1) is 16.7. The van der Waals surface area contributed by atoms with E-state index in [0.717, 1.165) is 6.26 Å². The van der Waals surface area contributed by atoms with Crippen LogP contribution in [0.3, 0.4) is 0 Å². The summed E-state index contributed by atoms with van der Waals surface area (Å²) in [6, 6.07) is 3.19. The van der Waals surface area contributed by atoms with Crippen molar-refractivity contribution in [3.8, 4) is 0 Å². The fraction of sp³-hybridized carbons (Fsp3) is 0.583. The Kier molecular flexibility index (Phi) is 5.32. The Morgan fingerprint density at radius 3 is 2.60 bits per heavy atom. The first-order chi connectivity index (χ1) is 9.13. The molecule has 0 bridgehead atoms. The summed E-state index contributed by atoms with van der Waals surface area (Å²) in [6.45, 7) is 4.33. The molecule has 0 saturated heterocycles. The fourth-order valence-corrected chi connectivity index (χ4v) is 2.80. The maximum absolute atomic E-state index is 11.2. The first-order valence-corrected chi connectivity index (χ1v) is 7.89. The summed E-state index contributed by atoms with van der Waals surface area (Å²) in [5.74, 6) is 0.175. The Bertz CT molecular complexity index is 562. The van der Waals surface area contributed by atoms with Gasteiger partial charge in [0.15, 0.2) is 0 Å². The highest BCUT2D eigenvalue weighted by atomic mass is 32.2. The van der Waals surface area contributed by atoms with Crippen molar-refractivity contribution in [2.45, 2.75) is 25.9 Å². The molecule has 1 aromatic heterocycles. The van der Waals surface area contributed by atoms with E-state index in [1.54, 1.807) is 19.9 Å². The largest absolute Gasteiger partial charge is 0.463 e. The number of nitrogens with one attached hydrogen (secondary N) is 2. The van der Waals surface area contributed by atoms with E-state index in [1.807, 2.05) is 0 Å². The Morgan fingerprint density at radius 2 is 2.05 bits per heavy atom. The second-order valence-corrected chi connectivity index (χ2v) is 6.87. The molecule has 0 saturated carbocycles. The van der Waals surface area contributed by atoms with Gasteiger partial charge >= 0.3 is 5.97 Å². The highest BCUT2D eigenvalue weighted by Gasteiger charge is 2.21. The monoisotopic (exact) mass is 304 g/mol. The number of esters is 1. The van der Waals surface area contributed by atoms with Crippen LogP contribution in [0.4, 0.5) is 0 Å². The number of methoxy groups -OCH3 is 1. The molecular weight excluding hydrogens is 284 g/mol. The second-order valence-electron chi connectivity index (χ2n) is 5.12. The summed E-state index contributed by atoms with van der Waals surface area (Å²) in [5, 5.41) is 3.06. The highest BCUT2D eigenvalue weighted by molar-refractivity contribution is 7.88. The van der Waals surface area contributed by atoms with Crippen LogP contribution in [0.1, 0.15) is 30.2 Å². The van der Waals surface area contributed by atoms with Gasteiger partial charge in [0.2, 0.25) is 15.8 Å². The Morgan fingerprint density at radius 1 is 1.40 bits per heavy atom. The van der Waals surface area contributed by atoms with Crippen LogP contribution in [-0.4, -0.2) is 39.8 Å². The Labute approximate surface area is 118 Å². The zero-order valence-corrected chi connectivity index (χ0v) is 12.8. The molecule has 2 N–H and O–H groups in total. The molecule has 0 fully saturated rings. The summed E-state index contributed by atoms with van der Waals surface area (Å²) in [4.78, 5) is 11.2. The average molecular weight is 304 g/mol. The molecule has 1 rings (SSSR count). The number of hydrogen-bond donors (Lipinski definition) is 2. The van der Waals surface area contributed by atoms with Crippen molar-refractivity contribution in [1.29, 1.82) is 0 Å². The van der Waals surface area contributed by atoms with Crippen LogP contribution < -0.4 is 10.0 Å². The minimum atomic E-state index is -3.26. The van der Waals surface area contributed by atoms with Gasteiger partial charge in [0.05, 0.1) is 19.9 Å². The molecule has 114 valence electrons. The van der Waals surface area contributed by atoms with Gasteiger partial charge in [-0.3, -0.25) is 0 Å². The van der Waals surface area contributed by atoms with E-state index in [4.69, 9.17) is 4.42 Å². The van der Waals surface area contributed by atoms with Crippen LogP contribution in [-0.2, 0) is 21.3 Å². The Balaban J connectivity index is 2.48. The van der Waals surface area contributed by atoms with E-state index in [2.05, 4.69) is 14.8 Å². The quantitative estimate of drug-likeness (QED) is 0.711. The number of carbonyl (C=O) groups is 1. The van der Waals surface area contributed by atoms with Crippen LogP contribution in [0.25, 0.3) is 0 Å². The van der Waals surface area contributed by atoms with Crippen molar-refractivity contribution in [2.75, 3.05) is 19.9 Å². The van der Waals surface area contributed by atoms with Gasteiger partial charge < -0.3 is 14.5 Å². The normalized spacial score (nSPS) is 12.4. The molecule has 0 aliphatic carbocycles. The molecule has 7 nitrogen and oxygen atoms in total. The van der Waals surface area contributed by atoms with E-state index < -0.39 is 21.5 Å². The van der Waals surface area contributed by atoms with Crippen molar-refractivity contribution in [2.24, 2.45) is 0 Å². The van der Waals surface area contributed by atoms with Gasteiger partial charge in [-0.25, -0.2) is 17.9 Å². The molecule has 0 aliphatic heterocycles. The van der Waals surface area contributed by atoms with Crippen molar-refractivity contribution in [3.63, 3.8) is 0 Å². The molecule has 0 spiro atoms. The number of hydrogen-bond acceptors (Lipinski definition) is 6. The molecule has 0 aliphatic rings. The zero-order valence-electron chi connectivity index (χ0n) is 12.0. The minimum Gasteiger partial charge on any atom is -0.463 e. The average Bonchev–Trinajstić information content (AvgIpc) is 2.73. The van der Waals surface area contributed by atoms with Crippen molar-refractivity contribution < 1.29 is 22.4 Å². The summed E-state index contributed by atoms with van der Waals surface area (Å²) in [7, 11) is -1.98. The number of sulfonamides is 1. The molecule has 1 aromatic rings. The smallest absolute Gasteiger partial charge is 0.373 e. The fourth-order valence-electron chi connectivity index (χ4n) is 1.72. The minimum absolute atomic E-state index is 0.137. The first-order valence-electron chi connectivity index (χ1n) is 6.00. The standard InChI is InChI=1S/C12H20N2O5S/c1-12(2,14-20(4,16)17)8-13-7-9-5-6-10(19-9)11(15)18-3/h5-6,13-14H,7-8H2,1-4H3. The molecule has 20 heavy (non-hydrogen) atoms. The number of carbonyl (C=O) groups excluding carboxylic acids is 1. The van der Waals surface area contributed by atoms with Crippen LogP contribution in [0, 0.1) is 0 Å². The van der Waals surface area contributed by atoms with Crippen LogP contribution in [0.5, 0.6) is 0 Å². The van der Waals surface area contributed by atoms with Crippen molar-refractivity contribution >= 4 is 16.0 Å². The molecular formula is C12H20N2O5S. The summed E-state index contributed by atoms with van der Waals surface area (Å²) < 4.78 is 34.7. The molecule has 0 atom stereocenters. The molecule has 0 aromatic carbocycles. The lowest BCUT2D eigenvalue weighted by Gasteiger charge is -2.25. The lowest BCUT2D eigenvalue weighted by molar-refractivity contribution is 0.0562. The van der Waals surface area contributed by atoms with E-state index in [0.29, 0.717) is 18.8 Å². The van der Waals surface area contributed by atoms with Gasteiger partial charge in [0.25, 0.3) is 0 Å². The van der Waals surface area contributed by atoms with Gasteiger partial charge in [-0.1, -0.05) is 0 Å². The second kappa shape index (κ2) is 6.38. The molecule has 0 radical (unpaired) electrons. The number of ether oxygens (including phenoxy) is 1. The predicted octanol–water partition coefficient (Wildman–Crippen LogP) is 0.484. The summed E-state index contributed by atoms with van der Waals surface area (Å²) in [5.41, 5.74) is -0.620. The summed E-state index contributed by atoms with van der Waals surface area (Å²) in [6.07, 6.45) is 1.11. The zero-order chi connectivity index (χ0) is 15.4. The van der Waals surface area contributed by atoms with Crippen molar-refractivity contribution in [1.82, 2.24) is 10.0 Å². The van der Waals surface area contributed by atoms with Gasteiger partial charge in [-0.05, 0) is 26.0 Å². The van der Waals surface area contributed by atoms with Crippen molar-refractivity contribution in [3.05, 3.63) is 23.7 Å². The maximum Gasteiger partial charge on any atom is 0.373 e.